The van der Waals surface area contributed by atoms with E-state index in [4.69, 9.17) is 8.83 Å². The summed E-state index contributed by atoms with van der Waals surface area (Å²) in [5, 5.41) is 11.6. The summed E-state index contributed by atoms with van der Waals surface area (Å²) in [7, 11) is 0. The summed E-state index contributed by atoms with van der Waals surface area (Å²) in [5.41, 5.74) is 1.65. The van der Waals surface area contributed by atoms with Crippen LogP contribution in [0.3, 0.4) is 0 Å². The fourth-order valence-corrected chi connectivity index (χ4v) is 1.96. The standard InChI is InChI=1S/C13H9NO4/c1-8-9-4-2-3-5-10(9)18-13(8)11-6-7-12(17-11)14(15)16/h2-7H,1H3. The quantitative estimate of drug-likeness (QED) is 0.505. The topological polar surface area (TPSA) is 69.4 Å². The number of nitro groups is 1. The molecule has 1 aromatic carbocycles. The van der Waals surface area contributed by atoms with E-state index in [9.17, 15) is 10.1 Å². The van der Waals surface area contributed by atoms with Crippen LogP contribution in [0.5, 0.6) is 0 Å². The summed E-state index contributed by atoms with van der Waals surface area (Å²) in [5.74, 6) is 0.615. The Balaban J connectivity index is 2.18. The van der Waals surface area contributed by atoms with Crippen molar-refractivity contribution in [2.75, 3.05) is 0 Å². The maximum Gasteiger partial charge on any atom is 0.433 e. The molecule has 0 fully saturated rings. The highest BCUT2D eigenvalue weighted by Crippen LogP contribution is 2.34. The Morgan fingerprint density at radius 2 is 1.89 bits per heavy atom. The number of nitrogens with zero attached hydrogens (tertiary/aromatic N) is 1. The van der Waals surface area contributed by atoms with Crippen LogP contribution in [0.1, 0.15) is 5.56 Å². The predicted molar refractivity (Wildman–Crippen MR) is 65.3 cm³/mol. The van der Waals surface area contributed by atoms with Gasteiger partial charge in [0.15, 0.2) is 11.5 Å². The summed E-state index contributed by atoms with van der Waals surface area (Å²) in [6.07, 6.45) is 0. The minimum Gasteiger partial charge on any atom is -0.452 e. The van der Waals surface area contributed by atoms with E-state index in [2.05, 4.69) is 0 Å². The van der Waals surface area contributed by atoms with Crippen molar-refractivity contribution in [3.63, 3.8) is 0 Å². The molecule has 90 valence electrons. The minimum atomic E-state index is -0.568. The van der Waals surface area contributed by atoms with Gasteiger partial charge in [0.05, 0.1) is 6.07 Å². The normalized spacial score (nSPS) is 10.9. The van der Waals surface area contributed by atoms with Gasteiger partial charge in [-0.25, -0.2) is 0 Å². The zero-order valence-corrected chi connectivity index (χ0v) is 9.54. The van der Waals surface area contributed by atoms with Crippen molar-refractivity contribution in [3.8, 4) is 11.5 Å². The van der Waals surface area contributed by atoms with E-state index in [1.165, 1.54) is 6.07 Å². The minimum absolute atomic E-state index is 0.287. The Labute approximate surface area is 102 Å². The first-order valence-corrected chi connectivity index (χ1v) is 5.39. The molecule has 0 aliphatic carbocycles. The first kappa shape index (κ1) is 10.6. The van der Waals surface area contributed by atoms with Crippen molar-refractivity contribution < 1.29 is 13.8 Å². The monoisotopic (exact) mass is 243 g/mol. The SMILES string of the molecule is Cc1c(-c2ccc([N+](=O)[O-])o2)oc2ccccc12. The second-order valence-electron chi connectivity index (χ2n) is 3.95. The molecule has 0 aliphatic heterocycles. The maximum atomic E-state index is 10.6. The number of aryl methyl sites for hydroxylation is 1. The van der Waals surface area contributed by atoms with Crippen LogP contribution in [-0.4, -0.2) is 4.92 Å². The lowest BCUT2D eigenvalue weighted by molar-refractivity contribution is -0.401. The molecule has 5 nitrogen and oxygen atoms in total. The van der Waals surface area contributed by atoms with E-state index in [1.54, 1.807) is 6.07 Å². The van der Waals surface area contributed by atoms with Crippen molar-refractivity contribution in [2.45, 2.75) is 6.92 Å². The van der Waals surface area contributed by atoms with Gasteiger partial charge in [-0.1, -0.05) is 18.2 Å². The third kappa shape index (κ3) is 1.48. The average Bonchev–Trinajstić information content (AvgIpc) is 2.95. The van der Waals surface area contributed by atoms with Gasteiger partial charge in [0, 0.05) is 10.9 Å². The molecule has 3 aromatic rings. The molecule has 0 radical (unpaired) electrons. The van der Waals surface area contributed by atoms with Gasteiger partial charge in [0.2, 0.25) is 0 Å². The fourth-order valence-electron chi connectivity index (χ4n) is 1.96. The van der Waals surface area contributed by atoms with Gasteiger partial charge in [0.25, 0.3) is 0 Å². The fraction of sp³-hybridized carbons (Fsp3) is 0.0769. The van der Waals surface area contributed by atoms with Gasteiger partial charge in [-0.05, 0) is 19.1 Å². The number of para-hydroxylation sites is 1. The molecule has 0 spiro atoms. The summed E-state index contributed by atoms with van der Waals surface area (Å²) >= 11 is 0. The molecule has 0 atom stereocenters. The summed E-state index contributed by atoms with van der Waals surface area (Å²) < 4.78 is 10.8. The van der Waals surface area contributed by atoms with Gasteiger partial charge in [-0.3, -0.25) is 10.1 Å². The maximum absolute atomic E-state index is 10.6. The van der Waals surface area contributed by atoms with Crippen LogP contribution >= 0.6 is 0 Å². The number of rotatable bonds is 2. The Hall–Kier alpha value is -2.56. The van der Waals surface area contributed by atoms with Crippen molar-refractivity contribution in [3.05, 3.63) is 52.1 Å². The molecule has 0 unspecified atom stereocenters. The first-order valence-electron chi connectivity index (χ1n) is 5.39. The average molecular weight is 243 g/mol. The van der Waals surface area contributed by atoms with Crippen molar-refractivity contribution >= 4 is 16.9 Å². The largest absolute Gasteiger partial charge is 0.452 e. The molecule has 3 rings (SSSR count). The Bertz CT molecular complexity index is 738. The van der Waals surface area contributed by atoms with Crippen LogP contribution in [0.25, 0.3) is 22.5 Å². The number of fused-ring (bicyclic) bond motifs is 1. The van der Waals surface area contributed by atoms with Gasteiger partial charge < -0.3 is 8.83 Å². The zero-order valence-electron chi connectivity index (χ0n) is 9.54. The van der Waals surface area contributed by atoms with Gasteiger partial charge in [-0.15, -0.1) is 0 Å². The van der Waals surface area contributed by atoms with Crippen LogP contribution in [0, 0.1) is 17.0 Å². The summed E-state index contributed by atoms with van der Waals surface area (Å²) in [6, 6.07) is 10.4. The highest BCUT2D eigenvalue weighted by molar-refractivity contribution is 5.86. The van der Waals surface area contributed by atoms with E-state index < -0.39 is 4.92 Å². The third-order valence-electron chi connectivity index (χ3n) is 2.84. The second kappa shape index (κ2) is 3.73. The van der Waals surface area contributed by atoms with Crippen molar-refractivity contribution in [1.82, 2.24) is 0 Å². The number of hydrogen-bond donors (Lipinski definition) is 0. The van der Waals surface area contributed by atoms with Gasteiger partial charge in [0.1, 0.15) is 10.5 Å². The molecule has 18 heavy (non-hydrogen) atoms. The van der Waals surface area contributed by atoms with E-state index in [0.717, 1.165) is 16.5 Å². The molecule has 0 aliphatic rings. The lowest BCUT2D eigenvalue weighted by Gasteiger charge is -1.91. The van der Waals surface area contributed by atoms with E-state index in [0.29, 0.717) is 11.5 Å². The second-order valence-corrected chi connectivity index (χ2v) is 3.95. The lowest BCUT2D eigenvalue weighted by atomic mass is 10.1. The summed E-state index contributed by atoms with van der Waals surface area (Å²) in [4.78, 5) is 10.0. The van der Waals surface area contributed by atoms with Crippen LogP contribution in [0.4, 0.5) is 5.88 Å². The molecule has 0 amide bonds. The highest BCUT2D eigenvalue weighted by atomic mass is 16.6. The van der Waals surface area contributed by atoms with Crippen molar-refractivity contribution in [2.24, 2.45) is 0 Å². The van der Waals surface area contributed by atoms with E-state index >= 15 is 0 Å². The smallest absolute Gasteiger partial charge is 0.433 e. The molecule has 2 heterocycles. The zero-order chi connectivity index (χ0) is 12.7. The van der Waals surface area contributed by atoms with Crippen LogP contribution in [0.15, 0.2) is 45.2 Å². The number of hydrogen-bond acceptors (Lipinski definition) is 4. The molecule has 0 N–H and O–H groups in total. The van der Waals surface area contributed by atoms with Crippen LogP contribution in [-0.2, 0) is 0 Å². The molecule has 2 aromatic heterocycles. The number of furan rings is 2. The highest BCUT2D eigenvalue weighted by Gasteiger charge is 2.18. The van der Waals surface area contributed by atoms with Crippen LogP contribution in [0.2, 0.25) is 0 Å². The third-order valence-corrected chi connectivity index (χ3v) is 2.84. The molecular weight excluding hydrogens is 234 g/mol. The van der Waals surface area contributed by atoms with E-state index in [-0.39, 0.29) is 5.88 Å². The van der Waals surface area contributed by atoms with Gasteiger partial charge in [-0.2, -0.15) is 0 Å². The molecule has 0 saturated carbocycles. The number of benzene rings is 1. The Morgan fingerprint density at radius 3 is 2.56 bits per heavy atom. The molecule has 0 bridgehead atoms. The Morgan fingerprint density at radius 1 is 1.11 bits per heavy atom. The lowest BCUT2D eigenvalue weighted by Crippen LogP contribution is -1.82. The summed E-state index contributed by atoms with van der Waals surface area (Å²) in [6.45, 7) is 1.90. The first-order chi connectivity index (χ1) is 8.66. The van der Waals surface area contributed by atoms with Crippen LogP contribution < -0.4 is 0 Å². The molecule has 0 saturated heterocycles. The predicted octanol–water partition coefficient (Wildman–Crippen LogP) is 3.91. The van der Waals surface area contributed by atoms with Gasteiger partial charge >= 0.3 is 5.88 Å². The van der Waals surface area contributed by atoms with Crippen molar-refractivity contribution in [1.29, 1.82) is 0 Å². The molecular formula is C13H9NO4. The van der Waals surface area contributed by atoms with E-state index in [1.807, 2.05) is 31.2 Å². The Kier molecular flexibility index (Phi) is 2.19. The molecule has 5 heteroatoms.